The molecule has 2 aliphatic rings. The molecule has 0 saturated heterocycles. The summed E-state index contributed by atoms with van der Waals surface area (Å²) in [6.45, 7) is 1.81. The first-order chi connectivity index (χ1) is 15.7. The van der Waals surface area contributed by atoms with Crippen LogP contribution in [0.2, 0.25) is 0 Å². The molecule has 2 bridgehead atoms. The van der Waals surface area contributed by atoms with Crippen molar-refractivity contribution in [1.82, 2.24) is 5.32 Å². The van der Waals surface area contributed by atoms with Crippen LogP contribution in [0.4, 0.5) is 0 Å². The highest BCUT2D eigenvalue weighted by molar-refractivity contribution is 7.93. The number of sulfonamides is 1. The Bertz CT molecular complexity index is 1330. The summed E-state index contributed by atoms with van der Waals surface area (Å²) in [6.07, 6.45) is 3.07. The van der Waals surface area contributed by atoms with Crippen LogP contribution >= 0.6 is 0 Å². The molecule has 0 fully saturated rings. The Morgan fingerprint density at radius 3 is 2.52 bits per heavy atom. The Kier molecular flexibility index (Phi) is 5.92. The molecule has 2 unspecified atom stereocenters. The van der Waals surface area contributed by atoms with Crippen LogP contribution < -0.4 is 20.9 Å². The van der Waals surface area contributed by atoms with Crippen LogP contribution in [0.5, 0.6) is 5.75 Å². The van der Waals surface area contributed by atoms with Gasteiger partial charge in [-0.25, -0.2) is 13.6 Å². The Morgan fingerprint density at radius 2 is 1.88 bits per heavy atom. The zero-order valence-corrected chi connectivity index (χ0v) is 18.7. The summed E-state index contributed by atoms with van der Waals surface area (Å²) < 4.78 is 30.3. The van der Waals surface area contributed by atoms with Gasteiger partial charge in [-0.05, 0) is 35.3 Å². The van der Waals surface area contributed by atoms with E-state index in [1.807, 2.05) is 43.3 Å². The van der Waals surface area contributed by atoms with E-state index in [4.69, 9.17) is 21.0 Å². The van der Waals surface area contributed by atoms with E-state index in [1.165, 1.54) is 0 Å². The average molecular weight is 465 g/mol. The van der Waals surface area contributed by atoms with Gasteiger partial charge >= 0.3 is 0 Å². The minimum absolute atomic E-state index is 0.0530. The molecule has 1 amide bonds. The van der Waals surface area contributed by atoms with Gasteiger partial charge in [0, 0.05) is 11.1 Å². The first-order valence-electron chi connectivity index (χ1n) is 10.4. The molecule has 9 heteroatoms. The second-order valence-corrected chi connectivity index (χ2v) is 9.25. The van der Waals surface area contributed by atoms with Gasteiger partial charge < -0.3 is 15.8 Å². The lowest BCUT2D eigenvalue weighted by Crippen LogP contribution is -2.51. The largest absolute Gasteiger partial charge is 0.481 e. The average Bonchev–Trinajstić information content (AvgIpc) is 2.80. The molecular weight excluding hydrogens is 440 g/mol. The van der Waals surface area contributed by atoms with Crippen molar-refractivity contribution in [2.24, 2.45) is 10.9 Å². The number of nitrogens with one attached hydrogen (secondary N) is 2. The number of ether oxygens (including phenoxy) is 1. The van der Waals surface area contributed by atoms with Gasteiger partial charge in [0.2, 0.25) is 10.0 Å². The zero-order chi connectivity index (χ0) is 23.8. The van der Waals surface area contributed by atoms with Crippen molar-refractivity contribution >= 4 is 27.3 Å². The van der Waals surface area contributed by atoms with Gasteiger partial charge in [-0.3, -0.25) is 10.2 Å². The van der Waals surface area contributed by atoms with Gasteiger partial charge in [-0.2, -0.15) is 0 Å². The highest BCUT2D eigenvalue weighted by Gasteiger charge is 2.45. The van der Waals surface area contributed by atoms with E-state index in [2.05, 4.69) is 5.32 Å². The predicted octanol–water partition coefficient (Wildman–Crippen LogP) is 2.19. The second-order valence-electron chi connectivity index (χ2n) is 7.75. The summed E-state index contributed by atoms with van der Waals surface area (Å²) in [5.41, 5.74) is 8.47. The van der Waals surface area contributed by atoms with Crippen molar-refractivity contribution in [2.75, 3.05) is 0 Å². The fourth-order valence-electron chi connectivity index (χ4n) is 4.00. The number of rotatable bonds is 8. The molecule has 2 aromatic carbocycles. The number of carbonyl (C=O) groups excluding carboxylic acids is 1. The third kappa shape index (κ3) is 4.33. The lowest BCUT2D eigenvalue weighted by Gasteiger charge is -2.40. The number of hydrogen-bond acceptors (Lipinski definition) is 5. The third-order valence-corrected chi connectivity index (χ3v) is 6.59. The van der Waals surface area contributed by atoms with Crippen LogP contribution in [-0.4, -0.2) is 32.3 Å². The van der Waals surface area contributed by atoms with Crippen molar-refractivity contribution in [3.63, 3.8) is 0 Å². The molecular formula is C24H24N4O4S. The number of amides is 1. The Hall–Kier alpha value is -3.69. The SMILES string of the molecule is CCC(Oc1cccc(C(=N)N)c1)C(=O)NC1c2ccc(-c3ccccc3)c1c2S(N)(=O)=O. The van der Waals surface area contributed by atoms with E-state index >= 15 is 0 Å². The second kappa shape index (κ2) is 8.68. The van der Waals surface area contributed by atoms with E-state index in [0.29, 0.717) is 34.5 Å². The van der Waals surface area contributed by atoms with Gasteiger partial charge in [0.05, 0.1) is 10.9 Å². The van der Waals surface area contributed by atoms with E-state index < -0.39 is 22.2 Å². The number of allylic oxidation sites excluding steroid dienone is 2. The number of fused-ring (bicyclic) bond motifs is 2. The number of nitrogens with two attached hydrogens (primary N) is 2. The molecule has 0 heterocycles. The van der Waals surface area contributed by atoms with E-state index in [9.17, 15) is 13.2 Å². The van der Waals surface area contributed by atoms with Gasteiger partial charge in [0.1, 0.15) is 11.6 Å². The molecule has 4 rings (SSSR count). The smallest absolute Gasteiger partial charge is 0.261 e. The normalized spacial score (nSPS) is 17.9. The van der Waals surface area contributed by atoms with Crippen molar-refractivity contribution in [3.05, 3.63) is 93.9 Å². The molecule has 6 N–H and O–H groups in total. The van der Waals surface area contributed by atoms with E-state index in [0.717, 1.165) is 5.56 Å². The number of benzene rings is 2. The van der Waals surface area contributed by atoms with E-state index in [1.54, 1.807) is 30.3 Å². The summed E-state index contributed by atoms with van der Waals surface area (Å²) >= 11 is 0. The Morgan fingerprint density at radius 1 is 1.15 bits per heavy atom. The molecule has 2 atom stereocenters. The van der Waals surface area contributed by atoms with E-state index in [-0.39, 0.29) is 16.6 Å². The maximum atomic E-state index is 13.1. The molecule has 2 aliphatic carbocycles. The van der Waals surface area contributed by atoms with Gasteiger partial charge in [-0.15, -0.1) is 0 Å². The van der Waals surface area contributed by atoms with Crippen molar-refractivity contribution in [2.45, 2.75) is 25.5 Å². The molecule has 0 radical (unpaired) electrons. The number of nitrogen functional groups attached to an aromatic ring is 1. The first kappa shape index (κ1) is 22.5. The molecule has 0 aromatic heterocycles. The van der Waals surface area contributed by atoms with Crippen LogP contribution in [0.3, 0.4) is 0 Å². The molecule has 0 saturated carbocycles. The monoisotopic (exact) mass is 464 g/mol. The van der Waals surface area contributed by atoms with Crippen molar-refractivity contribution in [3.8, 4) is 5.75 Å². The lowest BCUT2D eigenvalue weighted by molar-refractivity contribution is -0.128. The van der Waals surface area contributed by atoms with Gasteiger partial charge in [0.15, 0.2) is 6.10 Å². The molecule has 2 aromatic rings. The van der Waals surface area contributed by atoms with Gasteiger partial charge in [0.25, 0.3) is 5.91 Å². The quantitative estimate of drug-likeness (QED) is 0.349. The van der Waals surface area contributed by atoms with Gasteiger partial charge in [-0.1, -0.05) is 61.5 Å². The predicted molar refractivity (Wildman–Crippen MR) is 127 cm³/mol. The summed E-state index contributed by atoms with van der Waals surface area (Å²) in [5.74, 6) is -0.0798. The van der Waals surface area contributed by atoms with Crippen molar-refractivity contribution in [1.29, 1.82) is 5.41 Å². The summed E-state index contributed by atoms with van der Waals surface area (Å²) in [4.78, 5) is 13.1. The maximum Gasteiger partial charge on any atom is 0.261 e. The highest BCUT2D eigenvalue weighted by atomic mass is 32.2. The third-order valence-electron chi connectivity index (χ3n) is 5.57. The fourth-order valence-corrected chi connectivity index (χ4v) is 5.05. The first-order valence-corrected chi connectivity index (χ1v) is 11.9. The number of amidine groups is 1. The number of hydrogen-bond donors (Lipinski definition) is 4. The summed E-state index contributed by atoms with van der Waals surface area (Å²) in [5, 5.41) is 16.0. The number of primary sulfonamides is 1. The molecule has 170 valence electrons. The van der Waals surface area contributed by atoms with Crippen molar-refractivity contribution < 1.29 is 17.9 Å². The van der Waals surface area contributed by atoms with Crippen LogP contribution in [-0.2, 0) is 14.8 Å². The fraction of sp³-hybridized carbons (Fsp3) is 0.167. The van der Waals surface area contributed by atoms with Crippen LogP contribution in [0.1, 0.15) is 24.5 Å². The molecule has 33 heavy (non-hydrogen) atoms. The molecule has 8 nitrogen and oxygen atoms in total. The standard InChI is InChI=1S/C24H24N4O4S/c1-2-19(32-16-10-6-9-15(13-16)23(25)26)24(29)28-21-18-12-11-17(14-7-4-3-5-8-14)20(21)22(18)33(27,30)31/h3-13,19,21H,2H2,1H3,(H3,25,26)(H,28,29)(H2,27,30,31). The Balaban J connectivity index is 1.58. The maximum absolute atomic E-state index is 13.1. The minimum Gasteiger partial charge on any atom is -0.481 e. The molecule has 0 spiro atoms. The topological polar surface area (TPSA) is 148 Å². The Labute approximate surface area is 192 Å². The lowest BCUT2D eigenvalue weighted by atomic mass is 9.74. The van der Waals surface area contributed by atoms with Crippen LogP contribution in [0.25, 0.3) is 5.57 Å². The summed E-state index contributed by atoms with van der Waals surface area (Å²) in [7, 11) is -3.97. The van der Waals surface area contributed by atoms with Crippen LogP contribution in [0.15, 0.2) is 82.8 Å². The summed E-state index contributed by atoms with van der Waals surface area (Å²) in [6, 6.07) is 15.4. The zero-order valence-electron chi connectivity index (χ0n) is 17.9. The highest BCUT2D eigenvalue weighted by Crippen LogP contribution is 2.47. The minimum atomic E-state index is -3.97. The van der Waals surface area contributed by atoms with Crippen LogP contribution in [0, 0.1) is 5.41 Å². The number of carbonyl (C=O) groups is 1. The molecule has 0 aliphatic heterocycles.